The highest BCUT2D eigenvalue weighted by Crippen LogP contribution is 2.27. The van der Waals surface area contributed by atoms with E-state index in [-0.39, 0.29) is 6.10 Å². The van der Waals surface area contributed by atoms with E-state index >= 15 is 0 Å². The largest absolute Gasteiger partial charge is 0.372 e. The zero-order valence-corrected chi connectivity index (χ0v) is 12.9. The minimum Gasteiger partial charge on any atom is -0.372 e. The molecular formula is C15H22BrNO. The van der Waals surface area contributed by atoms with E-state index in [9.17, 15) is 0 Å². The Morgan fingerprint density at radius 1 is 1.28 bits per heavy atom. The first kappa shape index (κ1) is 14.0. The van der Waals surface area contributed by atoms with Gasteiger partial charge in [-0.25, -0.2) is 0 Å². The summed E-state index contributed by atoms with van der Waals surface area (Å²) in [6, 6.07) is 9.35. The zero-order valence-electron chi connectivity index (χ0n) is 11.3. The number of benzene rings is 1. The zero-order chi connectivity index (χ0) is 13.1. The highest BCUT2D eigenvalue weighted by molar-refractivity contribution is 9.10. The van der Waals surface area contributed by atoms with E-state index in [1.54, 1.807) is 0 Å². The van der Waals surface area contributed by atoms with Gasteiger partial charge in [0.15, 0.2) is 0 Å². The van der Waals surface area contributed by atoms with E-state index in [1.807, 2.05) is 0 Å². The summed E-state index contributed by atoms with van der Waals surface area (Å²) < 4.78 is 7.16. The Morgan fingerprint density at radius 3 is 2.56 bits per heavy atom. The van der Waals surface area contributed by atoms with Gasteiger partial charge in [-0.15, -0.1) is 0 Å². The summed E-state index contributed by atoms with van der Waals surface area (Å²) in [5.74, 6) is 0.653. The molecule has 2 rings (SSSR count). The topological polar surface area (TPSA) is 21.3 Å². The molecule has 1 fully saturated rings. The van der Waals surface area contributed by atoms with Crippen LogP contribution in [0.25, 0.3) is 0 Å². The number of nitrogens with one attached hydrogen (secondary N) is 1. The number of ether oxygens (including phenoxy) is 1. The molecule has 18 heavy (non-hydrogen) atoms. The molecule has 1 aromatic carbocycles. The smallest absolute Gasteiger partial charge is 0.0975 e. The summed E-state index contributed by atoms with van der Waals surface area (Å²) in [6.45, 7) is 7.59. The van der Waals surface area contributed by atoms with Crippen LogP contribution in [0.3, 0.4) is 0 Å². The van der Waals surface area contributed by atoms with Crippen molar-refractivity contribution < 1.29 is 4.74 Å². The Morgan fingerprint density at radius 2 is 1.94 bits per heavy atom. The predicted molar refractivity (Wildman–Crippen MR) is 78.7 cm³/mol. The lowest BCUT2D eigenvalue weighted by Gasteiger charge is -2.26. The van der Waals surface area contributed by atoms with Gasteiger partial charge in [-0.05, 0) is 37.0 Å². The molecule has 0 bridgehead atoms. The summed E-state index contributed by atoms with van der Waals surface area (Å²) >= 11 is 3.47. The quantitative estimate of drug-likeness (QED) is 0.894. The molecular weight excluding hydrogens is 290 g/mol. The molecule has 0 spiro atoms. The maximum atomic E-state index is 6.04. The van der Waals surface area contributed by atoms with E-state index in [2.05, 4.69) is 66.3 Å². The van der Waals surface area contributed by atoms with Gasteiger partial charge in [0.25, 0.3) is 0 Å². The maximum Gasteiger partial charge on any atom is 0.0975 e. The van der Waals surface area contributed by atoms with E-state index in [0.29, 0.717) is 18.0 Å². The van der Waals surface area contributed by atoms with Crippen LogP contribution >= 0.6 is 15.9 Å². The number of rotatable bonds is 2. The Labute approximate surface area is 118 Å². The molecule has 1 saturated heterocycles. The lowest BCUT2D eigenvalue weighted by atomic mass is 9.99. The lowest BCUT2D eigenvalue weighted by molar-refractivity contribution is 0.0461. The van der Waals surface area contributed by atoms with Crippen molar-refractivity contribution in [3.8, 4) is 0 Å². The van der Waals surface area contributed by atoms with Crippen molar-refractivity contribution in [2.45, 2.75) is 45.4 Å². The van der Waals surface area contributed by atoms with E-state index < -0.39 is 0 Å². The average molecular weight is 312 g/mol. The fraction of sp³-hybridized carbons (Fsp3) is 0.600. The summed E-state index contributed by atoms with van der Waals surface area (Å²) in [6.07, 6.45) is 1.25. The minimum absolute atomic E-state index is 0.154. The van der Waals surface area contributed by atoms with Gasteiger partial charge in [0, 0.05) is 23.2 Å². The minimum atomic E-state index is 0.154. The molecule has 3 unspecified atom stereocenters. The molecule has 3 atom stereocenters. The van der Waals surface area contributed by atoms with Gasteiger partial charge >= 0.3 is 0 Å². The Bertz CT molecular complexity index is 377. The Balaban J connectivity index is 2.11. The monoisotopic (exact) mass is 311 g/mol. The third kappa shape index (κ3) is 3.34. The first-order chi connectivity index (χ1) is 8.58. The van der Waals surface area contributed by atoms with Gasteiger partial charge in [0.05, 0.1) is 6.10 Å². The summed E-state index contributed by atoms with van der Waals surface area (Å²) in [4.78, 5) is 0. The van der Waals surface area contributed by atoms with Crippen molar-refractivity contribution in [2.75, 3.05) is 6.61 Å². The van der Waals surface area contributed by atoms with E-state index in [0.717, 1.165) is 17.5 Å². The van der Waals surface area contributed by atoms with Crippen molar-refractivity contribution >= 4 is 15.9 Å². The second kappa shape index (κ2) is 6.18. The van der Waals surface area contributed by atoms with Crippen LogP contribution in [0, 0.1) is 5.92 Å². The first-order valence-electron chi connectivity index (χ1n) is 6.71. The average Bonchev–Trinajstić information content (AvgIpc) is 2.52. The van der Waals surface area contributed by atoms with Gasteiger partial charge in [-0.1, -0.05) is 41.9 Å². The molecule has 0 saturated carbocycles. The number of hydrogen-bond donors (Lipinski definition) is 1. The lowest BCUT2D eigenvalue weighted by Crippen LogP contribution is -2.41. The van der Waals surface area contributed by atoms with Crippen LogP contribution in [0.4, 0.5) is 0 Å². The molecule has 3 heteroatoms. The van der Waals surface area contributed by atoms with Gasteiger partial charge in [0.2, 0.25) is 0 Å². The molecule has 1 aliphatic heterocycles. The third-order valence-corrected chi connectivity index (χ3v) is 4.19. The van der Waals surface area contributed by atoms with Crippen molar-refractivity contribution in [2.24, 2.45) is 5.92 Å². The van der Waals surface area contributed by atoms with Crippen LogP contribution < -0.4 is 5.32 Å². The van der Waals surface area contributed by atoms with Gasteiger partial charge in [-0.3, -0.25) is 0 Å². The second-order valence-corrected chi connectivity index (χ2v) is 6.35. The molecule has 2 nitrogen and oxygen atoms in total. The normalized spacial score (nSPS) is 29.3. The highest BCUT2D eigenvalue weighted by Gasteiger charge is 2.27. The summed E-state index contributed by atoms with van der Waals surface area (Å²) in [5, 5.41) is 3.70. The van der Waals surface area contributed by atoms with Crippen LogP contribution in [0.1, 0.15) is 38.9 Å². The van der Waals surface area contributed by atoms with Crippen LogP contribution in [0.5, 0.6) is 0 Å². The fourth-order valence-electron chi connectivity index (χ4n) is 2.54. The molecule has 1 N–H and O–H groups in total. The van der Waals surface area contributed by atoms with Crippen LogP contribution in [-0.4, -0.2) is 18.7 Å². The number of hydrogen-bond acceptors (Lipinski definition) is 2. The first-order valence-corrected chi connectivity index (χ1v) is 7.50. The van der Waals surface area contributed by atoms with Crippen molar-refractivity contribution in [1.29, 1.82) is 0 Å². The maximum absolute atomic E-state index is 6.04. The summed E-state index contributed by atoms with van der Waals surface area (Å²) in [5.41, 5.74) is 1.25. The van der Waals surface area contributed by atoms with Crippen LogP contribution in [0.15, 0.2) is 28.7 Å². The number of halogens is 1. The SMILES string of the molecule is CC(C)C1CCOC(c2ccc(Br)cc2)C(C)N1. The molecule has 0 radical (unpaired) electrons. The Hall–Kier alpha value is -0.380. The summed E-state index contributed by atoms with van der Waals surface area (Å²) in [7, 11) is 0. The fourth-order valence-corrected chi connectivity index (χ4v) is 2.80. The van der Waals surface area contributed by atoms with Crippen molar-refractivity contribution in [3.63, 3.8) is 0 Å². The molecule has 100 valence electrons. The van der Waals surface area contributed by atoms with Crippen molar-refractivity contribution in [3.05, 3.63) is 34.3 Å². The third-order valence-electron chi connectivity index (χ3n) is 3.66. The molecule has 0 aliphatic carbocycles. The molecule has 0 amide bonds. The molecule has 1 aliphatic rings. The van der Waals surface area contributed by atoms with Crippen molar-refractivity contribution in [1.82, 2.24) is 5.32 Å². The van der Waals surface area contributed by atoms with Crippen LogP contribution in [-0.2, 0) is 4.74 Å². The van der Waals surface area contributed by atoms with Gasteiger partial charge in [-0.2, -0.15) is 0 Å². The standard InChI is InChI=1S/C15H22BrNO/c1-10(2)14-8-9-18-15(11(3)17-14)12-4-6-13(16)7-5-12/h4-7,10-11,14-15,17H,8-9H2,1-3H3. The van der Waals surface area contributed by atoms with E-state index in [4.69, 9.17) is 4.74 Å². The second-order valence-electron chi connectivity index (χ2n) is 5.44. The highest BCUT2D eigenvalue weighted by atomic mass is 79.9. The van der Waals surface area contributed by atoms with E-state index in [1.165, 1.54) is 5.56 Å². The Kier molecular flexibility index (Phi) is 4.82. The molecule has 1 heterocycles. The van der Waals surface area contributed by atoms with Crippen LogP contribution in [0.2, 0.25) is 0 Å². The molecule has 0 aromatic heterocycles. The van der Waals surface area contributed by atoms with Gasteiger partial charge in [0.1, 0.15) is 0 Å². The predicted octanol–water partition coefficient (Wildman–Crippen LogP) is 3.91. The van der Waals surface area contributed by atoms with Gasteiger partial charge < -0.3 is 10.1 Å². The molecule has 1 aromatic rings.